The van der Waals surface area contributed by atoms with Crippen LogP contribution in [-0.4, -0.2) is 49.3 Å². The first-order valence-electron chi connectivity index (χ1n) is 6.53. The van der Waals surface area contributed by atoms with Crippen LogP contribution in [0.5, 0.6) is 0 Å². The lowest BCUT2D eigenvalue weighted by Crippen LogP contribution is -2.39. The van der Waals surface area contributed by atoms with E-state index in [1.54, 1.807) is 0 Å². The Labute approximate surface area is 124 Å². The Morgan fingerprint density at radius 1 is 1.55 bits per heavy atom. The van der Waals surface area contributed by atoms with Gasteiger partial charge in [0.1, 0.15) is 18.5 Å². The Kier molecular flexibility index (Phi) is 3.38. The van der Waals surface area contributed by atoms with Crippen LogP contribution in [0, 0.1) is 5.92 Å². The van der Waals surface area contributed by atoms with Crippen molar-refractivity contribution in [1.82, 2.24) is 19.5 Å². The van der Waals surface area contributed by atoms with Crippen LogP contribution in [-0.2, 0) is 9.53 Å². The second-order valence-corrected chi connectivity index (χ2v) is 4.97. The number of rotatable bonds is 4. The van der Waals surface area contributed by atoms with E-state index in [1.165, 1.54) is 23.3 Å². The van der Waals surface area contributed by atoms with E-state index in [0.29, 0.717) is 11.2 Å². The average Bonchev–Trinajstić information content (AvgIpc) is 3.07. The number of hydrogen-bond acceptors (Lipinski definition) is 7. The fourth-order valence-electron chi connectivity index (χ4n) is 2.58. The van der Waals surface area contributed by atoms with Gasteiger partial charge in [-0.2, -0.15) is 0 Å². The lowest BCUT2D eigenvalue weighted by molar-refractivity contribution is -0.134. The number of halogens is 1. The van der Waals surface area contributed by atoms with Gasteiger partial charge in [-0.1, -0.05) is 12.7 Å². The van der Waals surface area contributed by atoms with Crippen LogP contribution in [0.4, 0.5) is 10.2 Å². The Balaban J connectivity index is 2.12. The SMILES string of the molecule is C=C[C@]1(CO)O[C@@H](n2cnc3c(N)ncnc32)[C@@H](CF)C1=O. The molecule has 1 aliphatic heterocycles. The Morgan fingerprint density at radius 3 is 2.95 bits per heavy atom. The summed E-state index contributed by atoms with van der Waals surface area (Å²) in [7, 11) is 0. The summed E-state index contributed by atoms with van der Waals surface area (Å²) in [5.74, 6) is -1.50. The van der Waals surface area contributed by atoms with E-state index in [9.17, 15) is 14.3 Å². The number of fused-ring (bicyclic) bond motifs is 1. The molecule has 1 aliphatic rings. The third-order valence-corrected chi connectivity index (χ3v) is 3.82. The average molecular weight is 307 g/mol. The number of aromatic nitrogens is 4. The van der Waals surface area contributed by atoms with Crippen LogP contribution in [0.3, 0.4) is 0 Å². The van der Waals surface area contributed by atoms with Gasteiger partial charge >= 0.3 is 0 Å². The van der Waals surface area contributed by atoms with E-state index in [2.05, 4.69) is 21.5 Å². The number of Topliss-reactive ketones (excluding diaryl/α,β-unsaturated/α-hetero) is 1. The van der Waals surface area contributed by atoms with Crippen LogP contribution >= 0.6 is 0 Å². The summed E-state index contributed by atoms with van der Waals surface area (Å²) in [5.41, 5.74) is 4.73. The number of hydrogen-bond donors (Lipinski definition) is 2. The molecule has 0 amide bonds. The molecule has 3 N–H and O–H groups in total. The summed E-state index contributed by atoms with van der Waals surface area (Å²) < 4.78 is 20.4. The standard InChI is InChI=1S/C13H14FN5O3/c1-2-13(4-20)9(21)7(3-14)12(22-13)19-6-18-8-10(15)16-5-17-11(8)19/h2,5-7,12,20H,1,3-4H2,(H2,15,16,17)/t7-,12+,13+/m0/s1. The first-order chi connectivity index (χ1) is 10.6. The zero-order chi connectivity index (χ0) is 15.9. The van der Waals surface area contributed by atoms with Crippen LogP contribution in [0.1, 0.15) is 6.23 Å². The number of nitrogens with two attached hydrogens (primary N) is 1. The highest BCUT2D eigenvalue weighted by Gasteiger charge is 2.53. The molecule has 116 valence electrons. The number of aliphatic hydroxyl groups excluding tert-OH is 1. The van der Waals surface area contributed by atoms with Gasteiger partial charge in [-0.3, -0.25) is 13.8 Å². The van der Waals surface area contributed by atoms with Crippen molar-refractivity contribution >= 4 is 22.8 Å². The predicted molar refractivity (Wildman–Crippen MR) is 74.3 cm³/mol. The topological polar surface area (TPSA) is 116 Å². The van der Waals surface area contributed by atoms with E-state index < -0.39 is 36.8 Å². The number of nitrogens with zero attached hydrogens (tertiary/aromatic N) is 4. The summed E-state index contributed by atoms with van der Waals surface area (Å²) in [6, 6.07) is 0. The van der Waals surface area contributed by atoms with E-state index >= 15 is 0 Å². The highest BCUT2D eigenvalue weighted by Crippen LogP contribution is 2.40. The number of nitrogen functional groups attached to an aromatic ring is 1. The molecule has 2 aromatic rings. The highest BCUT2D eigenvalue weighted by atomic mass is 19.1. The first-order valence-corrected chi connectivity index (χ1v) is 6.53. The van der Waals surface area contributed by atoms with Crippen LogP contribution in [0.25, 0.3) is 11.2 Å². The smallest absolute Gasteiger partial charge is 0.181 e. The fourth-order valence-corrected chi connectivity index (χ4v) is 2.58. The maximum absolute atomic E-state index is 13.4. The van der Waals surface area contributed by atoms with Gasteiger partial charge in [0.15, 0.2) is 29.1 Å². The molecule has 1 saturated heterocycles. The van der Waals surface area contributed by atoms with Crippen molar-refractivity contribution in [3.05, 3.63) is 25.3 Å². The predicted octanol–water partition coefficient (Wildman–Crippen LogP) is 0.00920. The molecule has 8 nitrogen and oxygen atoms in total. The van der Waals surface area contributed by atoms with Crippen LogP contribution < -0.4 is 5.73 Å². The zero-order valence-corrected chi connectivity index (χ0v) is 11.5. The van der Waals surface area contributed by atoms with Gasteiger partial charge in [-0.05, 0) is 0 Å². The molecule has 1 fully saturated rings. The Hall–Kier alpha value is -2.39. The third kappa shape index (κ3) is 1.82. The van der Waals surface area contributed by atoms with Crippen molar-refractivity contribution in [2.24, 2.45) is 5.92 Å². The number of alkyl halides is 1. The van der Waals surface area contributed by atoms with E-state index in [-0.39, 0.29) is 5.82 Å². The molecular formula is C13H14FN5O3. The van der Waals surface area contributed by atoms with Crippen molar-refractivity contribution in [2.45, 2.75) is 11.8 Å². The number of aliphatic hydroxyl groups is 1. The fraction of sp³-hybridized carbons (Fsp3) is 0.385. The minimum absolute atomic E-state index is 0.169. The maximum Gasteiger partial charge on any atom is 0.181 e. The van der Waals surface area contributed by atoms with Gasteiger partial charge in [0.2, 0.25) is 0 Å². The molecular weight excluding hydrogens is 293 g/mol. The summed E-state index contributed by atoms with van der Waals surface area (Å²) in [6.07, 6.45) is 2.78. The van der Waals surface area contributed by atoms with Crippen LogP contribution in [0.2, 0.25) is 0 Å². The second-order valence-electron chi connectivity index (χ2n) is 4.97. The summed E-state index contributed by atoms with van der Waals surface area (Å²) in [4.78, 5) is 24.3. The second kappa shape index (κ2) is 5.11. The molecule has 3 atom stereocenters. The number of anilines is 1. The van der Waals surface area contributed by atoms with Crippen LogP contribution in [0.15, 0.2) is 25.3 Å². The summed E-state index contributed by atoms with van der Waals surface area (Å²) in [5, 5.41) is 9.46. The maximum atomic E-state index is 13.4. The molecule has 22 heavy (non-hydrogen) atoms. The number of ketones is 1. The normalized spacial score (nSPS) is 28.4. The van der Waals surface area contributed by atoms with Gasteiger partial charge in [-0.25, -0.2) is 15.0 Å². The number of carbonyl (C=O) groups excluding carboxylic acids is 1. The van der Waals surface area contributed by atoms with Crippen molar-refractivity contribution in [1.29, 1.82) is 0 Å². The highest BCUT2D eigenvalue weighted by molar-refractivity contribution is 5.94. The van der Waals surface area contributed by atoms with E-state index in [4.69, 9.17) is 10.5 Å². The van der Waals surface area contributed by atoms with Gasteiger partial charge < -0.3 is 15.6 Å². The molecule has 0 unspecified atom stereocenters. The van der Waals surface area contributed by atoms with Gasteiger partial charge in [-0.15, -0.1) is 0 Å². The van der Waals surface area contributed by atoms with Crippen molar-refractivity contribution < 1.29 is 19.0 Å². The molecule has 9 heteroatoms. The third-order valence-electron chi connectivity index (χ3n) is 3.82. The Morgan fingerprint density at radius 2 is 2.32 bits per heavy atom. The molecule has 0 aliphatic carbocycles. The lowest BCUT2D eigenvalue weighted by atomic mass is 9.93. The number of imidazole rings is 1. The monoisotopic (exact) mass is 307 g/mol. The summed E-state index contributed by atoms with van der Waals surface area (Å²) in [6.45, 7) is 1.93. The molecule has 0 bridgehead atoms. The molecule has 0 spiro atoms. The molecule has 2 aromatic heterocycles. The lowest BCUT2D eigenvalue weighted by Gasteiger charge is -2.21. The first kappa shape index (κ1) is 14.5. The number of ether oxygens (including phenoxy) is 1. The van der Waals surface area contributed by atoms with E-state index in [0.717, 1.165) is 0 Å². The zero-order valence-electron chi connectivity index (χ0n) is 11.5. The largest absolute Gasteiger partial charge is 0.393 e. The van der Waals surface area contributed by atoms with Gasteiger partial charge in [0.05, 0.1) is 18.9 Å². The molecule has 0 saturated carbocycles. The van der Waals surface area contributed by atoms with Gasteiger partial charge in [0.25, 0.3) is 0 Å². The Bertz CT molecular complexity index is 748. The molecule has 3 rings (SSSR count). The minimum atomic E-state index is -1.63. The quantitative estimate of drug-likeness (QED) is 0.764. The van der Waals surface area contributed by atoms with Gasteiger partial charge in [0, 0.05) is 0 Å². The molecule has 3 heterocycles. The van der Waals surface area contributed by atoms with Crippen molar-refractivity contribution in [2.75, 3.05) is 19.0 Å². The van der Waals surface area contributed by atoms with Crippen molar-refractivity contribution in [3.63, 3.8) is 0 Å². The molecule has 0 aromatic carbocycles. The summed E-state index contributed by atoms with van der Waals surface area (Å²) >= 11 is 0. The molecule has 0 radical (unpaired) electrons. The van der Waals surface area contributed by atoms with E-state index in [1.807, 2.05) is 0 Å². The minimum Gasteiger partial charge on any atom is -0.393 e. The number of carbonyl (C=O) groups is 1. The van der Waals surface area contributed by atoms with Crippen molar-refractivity contribution in [3.8, 4) is 0 Å².